The number of aromatic amines is 1. The number of fused-ring (bicyclic) bond motifs is 1. The molecule has 0 spiro atoms. The van der Waals surface area contributed by atoms with Crippen LogP contribution in [0.1, 0.15) is 44.1 Å². The summed E-state index contributed by atoms with van der Waals surface area (Å²) in [4.78, 5) is 10.1. The molecule has 3 heterocycles. The second kappa shape index (κ2) is 6.93. The largest absolute Gasteiger partial charge is 0.360 e. The molecule has 2 N–H and O–H groups in total. The highest BCUT2D eigenvalue weighted by molar-refractivity contribution is 7.80. The minimum absolute atomic E-state index is 0.578. The lowest BCUT2D eigenvalue weighted by molar-refractivity contribution is 0.384. The topological polar surface area (TPSA) is 44.0 Å². The van der Waals surface area contributed by atoms with Crippen molar-refractivity contribution in [2.45, 2.75) is 44.6 Å². The van der Waals surface area contributed by atoms with Gasteiger partial charge in [0.05, 0.1) is 11.0 Å². The number of H-pyrrole nitrogens is 1. The Balaban J connectivity index is 1.42. The van der Waals surface area contributed by atoms with E-state index >= 15 is 0 Å². The van der Waals surface area contributed by atoms with Crippen LogP contribution in [0.15, 0.2) is 30.6 Å². The molecule has 0 bridgehead atoms. The minimum Gasteiger partial charge on any atom is -0.360 e. The first-order valence-corrected chi connectivity index (χ1v) is 9.39. The van der Waals surface area contributed by atoms with Gasteiger partial charge in [-0.05, 0) is 49.2 Å². The Bertz CT molecular complexity index is 758. The number of hydrogen-bond donors (Lipinski definition) is 2. The fraction of sp³-hybridized carbons (Fsp3) is 0.474. The highest BCUT2D eigenvalue weighted by Crippen LogP contribution is 2.28. The van der Waals surface area contributed by atoms with Crippen molar-refractivity contribution in [3.8, 4) is 0 Å². The van der Waals surface area contributed by atoms with Gasteiger partial charge in [0.2, 0.25) is 0 Å². The molecule has 0 radical (unpaired) electrons. The first kappa shape index (κ1) is 15.6. The molecule has 2 aromatic rings. The van der Waals surface area contributed by atoms with E-state index in [1.807, 2.05) is 12.3 Å². The van der Waals surface area contributed by atoms with Gasteiger partial charge in [0, 0.05) is 37.1 Å². The van der Waals surface area contributed by atoms with Crippen LogP contribution < -0.4 is 5.32 Å². The first-order valence-electron chi connectivity index (χ1n) is 8.98. The SMILES string of the molecule is S=C(NC1CCCCC1)N1CC=C(c2c[nH]c3cccnc23)CC1. The van der Waals surface area contributed by atoms with Gasteiger partial charge in [-0.15, -0.1) is 0 Å². The molecule has 0 unspecified atom stereocenters. The number of nitrogens with one attached hydrogen (secondary N) is 2. The van der Waals surface area contributed by atoms with E-state index in [0.29, 0.717) is 6.04 Å². The van der Waals surface area contributed by atoms with Crippen molar-refractivity contribution in [1.29, 1.82) is 0 Å². The first-order chi connectivity index (χ1) is 11.8. The van der Waals surface area contributed by atoms with Gasteiger partial charge in [-0.3, -0.25) is 4.98 Å². The second-order valence-corrected chi connectivity index (χ2v) is 7.20. The number of thiocarbonyl (C=S) groups is 1. The summed E-state index contributed by atoms with van der Waals surface area (Å²) in [6.07, 6.45) is 13.8. The van der Waals surface area contributed by atoms with E-state index in [-0.39, 0.29) is 0 Å². The summed E-state index contributed by atoms with van der Waals surface area (Å²) < 4.78 is 0. The summed E-state index contributed by atoms with van der Waals surface area (Å²) in [5.41, 5.74) is 4.78. The summed E-state index contributed by atoms with van der Waals surface area (Å²) in [6, 6.07) is 4.62. The lowest BCUT2D eigenvalue weighted by Gasteiger charge is -2.32. The third-order valence-electron chi connectivity index (χ3n) is 5.21. The van der Waals surface area contributed by atoms with E-state index < -0.39 is 0 Å². The second-order valence-electron chi connectivity index (χ2n) is 6.81. The van der Waals surface area contributed by atoms with Gasteiger partial charge < -0.3 is 15.2 Å². The highest BCUT2D eigenvalue weighted by atomic mass is 32.1. The molecular weight excluding hydrogens is 316 g/mol. The van der Waals surface area contributed by atoms with Gasteiger partial charge in [0.25, 0.3) is 0 Å². The maximum absolute atomic E-state index is 5.64. The van der Waals surface area contributed by atoms with E-state index in [0.717, 1.165) is 35.7 Å². The predicted molar refractivity (Wildman–Crippen MR) is 103 cm³/mol. The van der Waals surface area contributed by atoms with Crippen LogP contribution in [0.25, 0.3) is 16.6 Å². The molecule has 1 fully saturated rings. The number of nitrogens with zero attached hydrogens (tertiary/aromatic N) is 2. The standard InChI is InChI=1S/C19H24N4S/c24-19(22-15-5-2-1-3-6-15)23-11-8-14(9-12-23)16-13-21-17-7-4-10-20-18(16)17/h4,7-8,10,13,15,21H,1-3,5-6,9,11-12H2,(H,22,24). The Morgan fingerprint density at radius 3 is 2.96 bits per heavy atom. The summed E-state index contributed by atoms with van der Waals surface area (Å²) in [5, 5.41) is 4.50. The average molecular weight is 340 g/mol. The van der Waals surface area contributed by atoms with Crippen LogP contribution in [0.2, 0.25) is 0 Å². The number of pyridine rings is 1. The monoisotopic (exact) mass is 340 g/mol. The molecular formula is C19H24N4S. The quantitative estimate of drug-likeness (QED) is 0.815. The molecule has 0 amide bonds. The Morgan fingerprint density at radius 1 is 1.29 bits per heavy atom. The van der Waals surface area contributed by atoms with Crippen molar-refractivity contribution in [2.24, 2.45) is 0 Å². The van der Waals surface area contributed by atoms with Crippen molar-refractivity contribution in [3.63, 3.8) is 0 Å². The highest BCUT2D eigenvalue weighted by Gasteiger charge is 2.20. The van der Waals surface area contributed by atoms with E-state index in [9.17, 15) is 0 Å². The summed E-state index contributed by atoms with van der Waals surface area (Å²) in [5.74, 6) is 0. The predicted octanol–water partition coefficient (Wildman–Crippen LogP) is 3.86. The van der Waals surface area contributed by atoms with Gasteiger partial charge in [-0.2, -0.15) is 0 Å². The van der Waals surface area contributed by atoms with E-state index in [1.54, 1.807) is 0 Å². The molecule has 2 aliphatic rings. The Labute approximate surface area is 148 Å². The van der Waals surface area contributed by atoms with Crippen LogP contribution in [-0.4, -0.2) is 39.1 Å². The lowest BCUT2D eigenvalue weighted by atomic mass is 9.96. The number of hydrogen-bond acceptors (Lipinski definition) is 2. The zero-order chi connectivity index (χ0) is 16.4. The fourth-order valence-corrected chi connectivity index (χ4v) is 4.14. The molecule has 0 aromatic carbocycles. The van der Waals surface area contributed by atoms with Crippen molar-refractivity contribution in [2.75, 3.05) is 13.1 Å². The normalized spacial score (nSPS) is 19.3. The van der Waals surface area contributed by atoms with Crippen LogP contribution >= 0.6 is 12.2 Å². The maximum atomic E-state index is 5.64. The van der Waals surface area contributed by atoms with Crippen LogP contribution in [-0.2, 0) is 0 Å². The van der Waals surface area contributed by atoms with Crippen LogP contribution in [0.4, 0.5) is 0 Å². The van der Waals surface area contributed by atoms with Crippen LogP contribution in [0.5, 0.6) is 0 Å². The zero-order valence-electron chi connectivity index (χ0n) is 13.9. The Hall–Kier alpha value is -1.88. The van der Waals surface area contributed by atoms with Gasteiger partial charge in [0.1, 0.15) is 0 Å². The molecule has 1 aliphatic carbocycles. The zero-order valence-corrected chi connectivity index (χ0v) is 14.7. The molecule has 4 rings (SSSR count). The molecule has 5 heteroatoms. The van der Waals surface area contributed by atoms with E-state index in [1.165, 1.54) is 43.2 Å². The molecule has 1 saturated carbocycles. The molecule has 1 aliphatic heterocycles. The number of aromatic nitrogens is 2. The fourth-order valence-electron chi connectivity index (χ4n) is 3.81. The third-order valence-corrected chi connectivity index (χ3v) is 5.59. The lowest BCUT2D eigenvalue weighted by Crippen LogP contribution is -2.46. The van der Waals surface area contributed by atoms with Gasteiger partial charge in [-0.1, -0.05) is 25.3 Å². The average Bonchev–Trinajstić information content (AvgIpc) is 3.07. The molecule has 0 saturated heterocycles. The smallest absolute Gasteiger partial charge is 0.169 e. The van der Waals surface area contributed by atoms with E-state index in [2.05, 4.69) is 38.5 Å². The van der Waals surface area contributed by atoms with Gasteiger partial charge >= 0.3 is 0 Å². The molecule has 24 heavy (non-hydrogen) atoms. The summed E-state index contributed by atoms with van der Waals surface area (Å²) >= 11 is 5.64. The van der Waals surface area contributed by atoms with Gasteiger partial charge in [-0.25, -0.2) is 0 Å². The Kier molecular flexibility index (Phi) is 4.52. The molecule has 2 aromatic heterocycles. The Morgan fingerprint density at radius 2 is 2.17 bits per heavy atom. The molecule has 4 nitrogen and oxygen atoms in total. The third kappa shape index (κ3) is 3.18. The van der Waals surface area contributed by atoms with Gasteiger partial charge in [0.15, 0.2) is 5.11 Å². The summed E-state index contributed by atoms with van der Waals surface area (Å²) in [7, 11) is 0. The van der Waals surface area contributed by atoms with Crippen LogP contribution in [0, 0.1) is 0 Å². The van der Waals surface area contributed by atoms with Crippen molar-refractivity contribution in [3.05, 3.63) is 36.2 Å². The maximum Gasteiger partial charge on any atom is 0.169 e. The summed E-state index contributed by atoms with van der Waals surface area (Å²) in [6.45, 7) is 1.86. The van der Waals surface area contributed by atoms with Crippen LogP contribution in [0.3, 0.4) is 0 Å². The number of rotatable bonds is 2. The van der Waals surface area contributed by atoms with Crippen molar-refractivity contribution >= 4 is 33.9 Å². The minimum atomic E-state index is 0.578. The van der Waals surface area contributed by atoms with E-state index in [4.69, 9.17) is 12.2 Å². The van der Waals surface area contributed by atoms with Crippen molar-refractivity contribution < 1.29 is 0 Å². The molecule has 126 valence electrons. The molecule has 0 atom stereocenters. The van der Waals surface area contributed by atoms with Crippen molar-refractivity contribution in [1.82, 2.24) is 20.2 Å².